The molecule has 0 saturated heterocycles. The lowest BCUT2D eigenvalue weighted by molar-refractivity contribution is 0.352. The first-order chi connectivity index (χ1) is 10.1. The van der Waals surface area contributed by atoms with Gasteiger partial charge in [0.05, 0.1) is 0 Å². The van der Waals surface area contributed by atoms with Crippen molar-refractivity contribution in [3.05, 3.63) is 35.1 Å². The van der Waals surface area contributed by atoms with Gasteiger partial charge in [0.15, 0.2) is 0 Å². The fourth-order valence-corrected chi connectivity index (χ4v) is 2.94. The maximum atomic E-state index is 13.6. The van der Waals surface area contributed by atoms with Crippen LogP contribution < -0.4 is 5.32 Å². The summed E-state index contributed by atoms with van der Waals surface area (Å²) in [7, 11) is 0. The van der Waals surface area contributed by atoms with Crippen molar-refractivity contribution in [1.29, 1.82) is 0 Å². The minimum Gasteiger partial charge on any atom is -0.310 e. The van der Waals surface area contributed by atoms with Gasteiger partial charge in [-0.25, -0.2) is 4.39 Å². The number of benzene rings is 1. The van der Waals surface area contributed by atoms with E-state index in [0.29, 0.717) is 0 Å². The Morgan fingerprint density at radius 2 is 1.90 bits per heavy atom. The number of nitrogens with one attached hydrogen (secondary N) is 1. The normalized spacial score (nSPS) is 14.1. The highest BCUT2D eigenvalue weighted by Crippen LogP contribution is 2.29. The summed E-state index contributed by atoms with van der Waals surface area (Å²) in [5, 5.41) is 3.63. The number of aryl methyl sites for hydroxylation is 1. The molecule has 1 rings (SSSR count). The van der Waals surface area contributed by atoms with E-state index < -0.39 is 0 Å². The van der Waals surface area contributed by atoms with E-state index in [2.05, 4.69) is 33.0 Å². The molecule has 2 atom stereocenters. The summed E-state index contributed by atoms with van der Waals surface area (Å²) in [5.74, 6) is 0.600. The van der Waals surface area contributed by atoms with Crippen LogP contribution in [0, 0.1) is 18.7 Å². The summed E-state index contributed by atoms with van der Waals surface area (Å²) in [6, 6.07) is 5.46. The Balaban J connectivity index is 2.85. The van der Waals surface area contributed by atoms with Gasteiger partial charge in [0.2, 0.25) is 0 Å². The largest absolute Gasteiger partial charge is 0.310 e. The monoisotopic (exact) mass is 293 g/mol. The van der Waals surface area contributed by atoms with E-state index in [1.54, 1.807) is 12.1 Å². The average molecular weight is 293 g/mol. The third-order valence-corrected chi connectivity index (χ3v) is 4.37. The predicted octanol–water partition coefficient (Wildman–Crippen LogP) is 5.78. The first kappa shape index (κ1) is 18.2. The molecule has 0 amide bonds. The smallest absolute Gasteiger partial charge is 0.123 e. The van der Waals surface area contributed by atoms with Crippen molar-refractivity contribution in [3.63, 3.8) is 0 Å². The summed E-state index contributed by atoms with van der Waals surface area (Å²) in [6.07, 6.45) is 7.26. The minimum absolute atomic E-state index is 0.125. The molecular formula is C19H32FN. The standard InChI is InChI=1S/C19H32FN/c1-5-8-9-16(7-3)13-19(21-12-6-2)18-14-17(20)11-10-15(18)4/h10-11,14,16,19,21H,5-9,12-13H2,1-4H3. The van der Waals surface area contributed by atoms with Gasteiger partial charge in [0, 0.05) is 6.04 Å². The lowest BCUT2D eigenvalue weighted by Gasteiger charge is -2.25. The molecule has 1 nitrogen and oxygen atoms in total. The highest BCUT2D eigenvalue weighted by molar-refractivity contribution is 5.29. The second-order valence-electron chi connectivity index (χ2n) is 6.16. The molecule has 0 heterocycles. The summed E-state index contributed by atoms with van der Waals surface area (Å²) in [4.78, 5) is 0. The Labute approximate surface area is 130 Å². The van der Waals surface area contributed by atoms with Gasteiger partial charge in [-0.2, -0.15) is 0 Å². The van der Waals surface area contributed by atoms with Gasteiger partial charge < -0.3 is 5.32 Å². The lowest BCUT2D eigenvalue weighted by Crippen LogP contribution is -2.25. The average Bonchev–Trinajstić information content (AvgIpc) is 2.49. The van der Waals surface area contributed by atoms with E-state index in [0.717, 1.165) is 30.9 Å². The van der Waals surface area contributed by atoms with Crippen molar-refractivity contribution >= 4 is 0 Å². The first-order valence-electron chi connectivity index (χ1n) is 8.61. The molecule has 21 heavy (non-hydrogen) atoms. The van der Waals surface area contributed by atoms with Crippen LogP contribution in [0.15, 0.2) is 18.2 Å². The van der Waals surface area contributed by atoms with Crippen LogP contribution >= 0.6 is 0 Å². The van der Waals surface area contributed by atoms with Gasteiger partial charge in [0.25, 0.3) is 0 Å². The highest BCUT2D eigenvalue weighted by Gasteiger charge is 2.18. The van der Waals surface area contributed by atoms with E-state index in [9.17, 15) is 4.39 Å². The molecule has 0 saturated carbocycles. The topological polar surface area (TPSA) is 12.0 Å². The molecule has 1 N–H and O–H groups in total. The number of halogens is 1. The molecule has 0 radical (unpaired) electrons. The van der Waals surface area contributed by atoms with Crippen LogP contribution in [0.1, 0.15) is 76.5 Å². The molecule has 0 aliphatic carbocycles. The molecule has 0 aromatic heterocycles. The Hall–Kier alpha value is -0.890. The van der Waals surface area contributed by atoms with Crippen molar-refractivity contribution in [2.75, 3.05) is 6.54 Å². The second-order valence-corrected chi connectivity index (χ2v) is 6.16. The third-order valence-electron chi connectivity index (χ3n) is 4.37. The van der Waals surface area contributed by atoms with Crippen LogP contribution in [0.2, 0.25) is 0 Å². The third kappa shape index (κ3) is 6.17. The summed E-state index contributed by atoms with van der Waals surface area (Å²) in [5.41, 5.74) is 2.33. The van der Waals surface area contributed by atoms with Crippen LogP contribution in [0.4, 0.5) is 4.39 Å². The van der Waals surface area contributed by atoms with Gasteiger partial charge in [-0.05, 0) is 55.5 Å². The maximum Gasteiger partial charge on any atom is 0.123 e. The van der Waals surface area contributed by atoms with Crippen molar-refractivity contribution < 1.29 is 4.39 Å². The Morgan fingerprint density at radius 1 is 1.14 bits per heavy atom. The van der Waals surface area contributed by atoms with Gasteiger partial charge in [-0.3, -0.25) is 0 Å². The first-order valence-corrected chi connectivity index (χ1v) is 8.61. The number of unbranched alkanes of at least 4 members (excludes halogenated alkanes) is 1. The zero-order valence-corrected chi connectivity index (χ0v) is 14.2. The van der Waals surface area contributed by atoms with Crippen LogP contribution in [0.3, 0.4) is 0 Å². The van der Waals surface area contributed by atoms with Crippen molar-refractivity contribution in [2.45, 2.75) is 72.3 Å². The van der Waals surface area contributed by atoms with Crippen LogP contribution in [0.5, 0.6) is 0 Å². The van der Waals surface area contributed by atoms with E-state index in [1.165, 1.54) is 31.2 Å². The second kappa shape index (κ2) is 9.94. The number of hydrogen-bond acceptors (Lipinski definition) is 1. The number of rotatable bonds is 10. The Kier molecular flexibility index (Phi) is 8.60. The molecule has 0 bridgehead atoms. The SMILES string of the molecule is CCCCC(CC)CC(NCCC)c1cc(F)ccc1C. The van der Waals surface area contributed by atoms with Crippen molar-refractivity contribution in [3.8, 4) is 0 Å². The summed E-state index contributed by atoms with van der Waals surface area (Å²) in [6.45, 7) is 9.77. The van der Waals surface area contributed by atoms with Gasteiger partial charge in [0.1, 0.15) is 5.82 Å². The zero-order valence-electron chi connectivity index (χ0n) is 14.2. The molecule has 0 aliphatic heterocycles. The molecule has 1 aromatic rings. The zero-order chi connectivity index (χ0) is 15.7. The lowest BCUT2D eigenvalue weighted by atomic mass is 9.87. The van der Waals surface area contributed by atoms with Crippen LogP contribution in [-0.2, 0) is 0 Å². The van der Waals surface area contributed by atoms with Gasteiger partial charge >= 0.3 is 0 Å². The molecule has 120 valence electrons. The van der Waals surface area contributed by atoms with E-state index in [1.807, 2.05) is 6.07 Å². The van der Waals surface area contributed by atoms with Gasteiger partial charge in [-0.15, -0.1) is 0 Å². The highest BCUT2D eigenvalue weighted by atomic mass is 19.1. The molecule has 2 unspecified atom stereocenters. The van der Waals surface area contributed by atoms with Crippen molar-refractivity contribution in [1.82, 2.24) is 5.32 Å². The fraction of sp³-hybridized carbons (Fsp3) is 0.684. The molecule has 0 fully saturated rings. The Bertz CT molecular complexity index is 403. The van der Waals surface area contributed by atoms with Crippen molar-refractivity contribution in [2.24, 2.45) is 5.92 Å². The maximum absolute atomic E-state index is 13.6. The molecule has 0 aliphatic rings. The molecule has 2 heteroatoms. The Morgan fingerprint density at radius 3 is 2.52 bits per heavy atom. The molecule has 0 spiro atoms. The van der Waals surface area contributed by atoms with Gasteiger partial charge in [-0.1, -0.05) is 52.5 Å². The molecular weight excluding hydrogens is 261 g/mol. The summed E-state index contributed by atoms with van der Waals surface area (Å²) >= 11 is 0. The van der Waals surface area contributed by atoms with Crippen LogP contribution in [0.25, 0.3) is 0 Å². The number of hydrogen-bond donors (Lipinski definition) is 1. The van der Waals surface area contributed by atoms with E-state index >= 15 is 0 Å². The molecule has 1 aromatic carbocycles. The van der Waals surface area contributed by atoms with E-state index in [-0.39, 0.29) is 11.9 Å². The fourth-order valence-electron chi connectivity index (χ4n) is 2.94. The quantitative estimate of drug-likeness (QED) is 0.576. The predicted molar refractivity (Wildman–Crippen MR) is 90.1 cm³/mol. The summed E-state index contributed by atoms with van der Waals surface area (Å²) < 4.78 is 13.6. The minimum atomic E-state index is -0.125. The van der Waals surface area contributed by atoms with Crippen LogP contribution in [-0.4, -0.2) is 6.54 Å². The van der Waals surface area contributed by atoms with E-state index in [4.69, 9.17) is 0 Å².